The lowest BCUT2D eigenvalue weighted by Crippen LogP contribution is -2.25. The summed E-state index contributed by atoms with van der Waals surface area (Å²) in [5.41, 5.74) is 2.80. The van der Waals surface area contributed by atoms with Crippen molar-refractivity contribution < 1.29 is 23.7 Å². The Balaban J connectivity index is 1.77. The molecule has 0 saturated heterocycles. The fourth-order valence-corrected chi connectivity index (χ4v) is 3.31. The highest BCUT2D eigenvalue weighted by atomic mass is 16.5. The maximum absolute atomic E-state index is 11.8. The van der Waals surface area contributed by atoms with E-state index in [1.165, 1.54) is 7.11 Å². The van der Waals surface area contributed by atoms with Crippen molar-refractivity contribution in [3.8, 4) is 17.2 Å². The molecule has 0 unspecified atom stereocenters. The number of hydrogen-bond acceptors (Lipinski definition) is 6. The first-order valence-corrected chi connectivity index (χ1v) is 9.11. The normalized spacial score (nSPS) is 13.8. The van der Waals surface area contributed by atoms with E-state index in [2.05, 4.69) is 10.2 Å². The SMILES string of the molecule is COCC(=O)Nc1ccc2c(c1)CN(Cc1cccc(OC)c1OC)CCO2. The Kier molecular flexibility index (Phi) is 6.73. The molecule has 1 amide bonds. The lowest BCUT2D eigenvalue weighted by Gasteiger charge is -2.21. The van der Waals surface area contributed by atoms with E-state index in [0.717, 1.165) is 40.6 Å². The molecule has 2 aromatic rings. The lowest BCUT2D eigenvalue weighted by atomic mass is 10.1. The van der Waals surface area contributed by atoms with Crippen LogP contribution in [0.2, 0.25) is 0 Å². The summed E-state index contributed by atoms with van der Waals surface area (Å²) < 4.78 is 21.7. The molecule has 0 aliphatic carbocycles. The van der Waals surface area contributed by atoms with Crippen molar-refractivity contribution in [1.29, 1.82) is 0 Å². The van der Waals surface area contributed by atoms with Gasteiger partial charge in [-0.3, -0.25) is 9.69 Å². The average molecular weight is 386 g/mol. The first kappa shape index (κ1) is 20.0. The highest BCUT2D eigenvalue weighted by Gasteiger charge is 2.19. The number of carbonyl (C=O) groups is 1. The number of amides is 1. The van der Waals surface area contributed by atoms with Crippen molar-refractivity contribution in [2.45, 2.75) is 13.1 Å². The zero-order chi connectivity index (χ0) is 19.9. The number of methoxy groups -OCH3 is 3. The number of fused-ring (bicyclic) bond motifs is 1. The van der Waals surface area contributed by atoms with Gasteiger partial charge in [-0.2, -0.15) is 0 Å². The van der Waals surface area contributed by atoms with Crippen molar-refractivity contribution >= 4 is 11.6 Å². The predicted molar refractivity (Wildman–Crippen MR) is 106 cm³/mol. The molecule has 0 spiro atoms. The molecule has 7 heteroatoms. The van der Waals surface area contributed by atoms with Gasteiger partial charge in [0.25, 0.3) is 0 Å². The number of nitrogens with zero attached hydrogens (tertiary/aromatic N) is 1. The molecule has 0 saturated carbocycles. The van der Waals surface area contributed by atoms with Gasteiger partial charge in [-0.15, -0.1) is 0 Å². The van der Waals surface area contributed by atoms with Crippen molar-refractivity contribution in [2.24, 2.45) is 0 Å². The van der Waals surface area contributed by atoms with Crippen LogP contribution < -0.4 is 19.5 Å². The standard InChI is InChI=1S/C21H26N2O5/c1-25-14-20(24)22-17-7-8-18-16(11-17)13-23(9-10-28-18)12-15-5-4-6-19(26-2)21(15)27-3/h4-8,11H,9-10,12-14H2,1-3H3,(H,22,24). The van der Waals surface area contributed by atoms with Gasteiger partial charge in [0.1, 0.15) is 19.0 Å². The number of benzene rings is 2. The van der Waals surface area contributed by atoms with Crippen LogP contribution in [0.25, 0.3) is 0 Å². The van der Waals surface area contributed by atoms with Crippen LogP contribution in [-0.4, -0.2) is 51.9 Å². The molecular formula is C21H26N2O5. The second-order valence-corrected chi connectivity index (χ2v) is 6.52. The zero-order valence-electron chi connectivity index (χ0n) is 16.5. The van der Waals surface area contributed by atoms with Crippen LogP contribution in [0.4, 0.5) is 5.69 Å². The minimum Gasteiger partial charge on any atom is -0.493 e. The minimum atomic E-state index is -0.185. The predicted octanol–water partition coefficient (Wildman–Crippen LogP) is 2.68. The first-order chi connectivity index (χ1) is 13.6. The van der Waals surface area contributed by atoms with Crippen LogP contribution in [0.3, 0.4) is 0 Å². The quantitative estimate of drug-likeness (QED) is 0.789. The minimum absolute atomic E-state index is 0.0232. The monoisotopic (exact) mass is 386 g/mol. The molecule has 0 aromatic heterocycles. The molecule has 1 aliphatic rings. The van der Waals surface area contributed by atoms with E-state index in [-0.39, 0.29) is 12.5 Å². The van der Waals surface area contributed by atoms with Crippen LogP contribution in [-0.2, 0) is 22.6 Å². The molecule has 0 radical (unpaired) electrons. The van der Waals surface area contributed by atoms with Crippen molar-refractivity contribution in [3.05, 3.63) is 47.5 Å². The number of anilines is 1. The topological polar surface area (TPSA) is 69.3 Å². The Morgan fingerprint density at radius 1 is 1.18 bits per heavy atom. The summed E-state index contributed by atoms with van der Waals surface area (Å²) in [5.74, 6) is 2.12. The molecule has 0 atom stereocenters. The summed E-state index contributed by atoms with van der Waals surface area (Å²) in [6.07, 6.45) is 0. The smallest absolute Gasteiger partial charge is 0.250 e. The third-order valence-electron chi connectivity index (χ3n) is 4.56. The van der Waals surface area contributed by atoms with Crippen LogP contribution in [0.5, 0.6) is 17.2 Å². The van der Waals surface area contributed by atoms with E-state index in [9.17, 15) is 4.79 Å². The molecule has 28 heavy (non-hydrogen) atoms. The maximum atomic E-state index is 11.8. The summed E-state index contributed by atoms with van der Waals surface area (Å²) in [6.45, 7) is 2.79. The second kappa shape index (κ2) is 9.43. The third-order valence-corrected chi connectivity index (χ3v) is 4.56. The van der Waals surface area contributed by atoms with Gasteiger partial charge >= 0.3 is 0 Å². The molecule has 2 aromatic carbocycles. The summed E-state index contributed by atoms with van der Waals surface area (Å²) in [6, 6.07) is 11.6. The van der Waals surface area contributed by atoms with Gasteiger partial charge in [-0.25, -0.2) is 0 Å². The van der Waals surface area contributed by atoms with Crippen LogP contribution in [0.1, 0.15) is 11.1 Å². The fourth-order valence-electron chi connectivity index (χ4n) is 3.31. The summed E-state index contributed by atoms with van der Waals surface area (Å²) >= 11 is 0. The first-order valence-electron chi connectivity index (χ1n) is 9.11. The maximum Gasteiger partial charge on any atom is 0.250 e. The number of para-hydroxylation sites is 1. The highest BCUT2D eigenvalue weighted by molar-refractivity contribution is 5.91. The van der Waals surface area contributed by atoms with E-state index in [0.29, 0.717) is 19.7 Å². The third kappa shape index (κ3) is 4.74. The van der Waals surface area contributed by atoms with Gasteiger partial charge in [-0.1, -0.05) is 12.1 Å². The molecule has 3 rings (SSSR count). The molecular weight excluding hydrogens is 360 g/mol. The number of nitrogens with one attached hydrogen (secondary N) is 1. The summed E-state index contributed by atoms with van der Waals surface area (Å²) in [4.78, 5) is 14.1. The van der Waals surface area contributed by atoms with Gasteiger partial charge in [0.05, 0.1) is 14.2 Å². The van der Waals surface area contributed by atoms with Gasteiger partial charge < -0.3 is 24.3 Å². The van der Waals surface area contributed by atoms with E-state index in [4.69, 9.17) is 18.9 Å². The van der Waals surface area contributed by atoms with Gasteiger partial charge in [0, 0.05) is 43.6 Å². The zero-order valence-corrected chi connectivity index (χ0v) is 16.5. The molecule has 150 valence electrons. The van der Waals surface area contributed by atoms with E-state index < -0.39 is 0 Å². The van der Waals surface area contributed by atoms with Gasteiger partial charge in [0.15, 0.2) is 11.5 Å². The number of rotatable bonds is 7. The van der Waals surface area contributed by atoms with E-state index in [1.54, 1.807) is 14.2 Å². The molecule has 1 aliphatic heterocycles. The molecule has 0 bridgehead atoms. The van der Waals surface area contributed by atoms with Crippen molar-refractivity contribution in [2.75, 3.05) is 46.4 Å². The van der Waals surface area contributed by atoms with Crippen LogP contribution in [0, 0.1) is 0 Å². The Bertz CT molecular complexity index is 824. The van der Waals surface area contributed by atoms with Gasteiger partial charge in [-0.05, 0) is 24.3 Å². The van der Waals surface area contributed by atoms with E-state index in [1.807, 2.05) is 36.4 Å². The Morgan fingerprint density at radius 2 is 2.04 bits per heavy atom. The fraction of sp³-hybridized carbons (Fsp3) is 0.381. The van der Waals surface area contributed by atoms with Crippen molar-refractivity contribution in [1.82, 2.24) is 4.90 Å². The molecule has 1 heterocycles. The highest BCUT2D eigenvalue weighted by Crippen LogP contribution is 2.33. The van der Waals surface area contributed by atoms with Crippen LogP contribution in [0.15, 0.2) is 36.4 Å². The number of hydrogen-bond donors (Lipinski definition) is 1. The second-order valence-electron chi connectivity index (χ2n) is 6.52. The molecule has 7 nitrogen and oxygen atoms in total. The van der Waals surface area contributed by atoms with E-state index >= 15 is 0 Å². The summed E-state index contributed by atoms with van der Waals surface area (Å²) in [5, 5.41) is 2.84. The number of carbonyl (C=O) groups excluding carboxylic acids is 1. The Labute approximate surface area is 165 Å². The Morgan fingerprint density at radius 3 is 2.79 bits per heavy atom. The lowest BCUT2D eigenvalue weighted by molar-refractivity contribution is -0.119. The average Bonchev–Trinajstić information content (AvgIpc) is 2.89. The van der Waals surface area contributed by atoms with Crippen molar-refractivity contribution in [3.63, 3.8) is 0 Å². The molecule has 0 fully saturated rings. The number of ether oxygens (including phenoxy) is 4. The van der Waals surface area contributed by atoms with Crippen LogP contribution >= 0.6 is 0 Å². The Hall–Kier alpha value is -2.77. The largest absolute Gasteiger partial charge is 0.493 e. The molecule has 1 N–H and O–H groups in total. The van der Waals surface area contributed by atoms with Gasteiger partial charge in [0.2, 0.25) is 5.91 Å². The summed E-state index contributed by atoms with van der Waals surface area (Å²) in [7, 11) is 4.78.